The lowest BCUT2D eigenvalue weighted by molar-refractivity contribution is 0.0946. The van der Waals surface area contributed by atoms with Gasteiger partial charge in [-0.3, -0.25) is 9.89 Å². The fourth-order valence-corrected chi connectivity index (χ4v) is 2.82. The summed E-state index contributed by atoms with van der Waals surface area (Å²) in [6.45, 7) is 0.353. The van der Waals surface area contributed by atoms with Gasteiger partial charge in [-0.1, -0.05) is 35.9 Å². The Balaban J connectivity index is 1.41. The molecule has 0 radical (unpaired) electrons. The smallest absolute Gasteiger partial charge is 0.269 e. The second kappa shape index (κ2) is 7.43. The van der Waals surface area contributed by atoms with Crippen LogP contribution < -0.4 is 5.32 Å². The number of aromatic amines is 1. The molecule has 0 saturated carbocycles. The van der Waals surface area contributed by atoms with Gasteiger partial charge in [-0.25, -0.2) is 9.67 Å². The van der Waals surface area contributed by atoms with Crippen LogP contribution in [0.4, 0.5) is 0 Å². The Morgan fingerprint density at radius 1 is 1.19 bits per heavy atom. The van der Waals surface area contributed by atoms with Crippen LogP contribution in [0.15, 0.2) is 67.1 Å². The Bertz CT molecular complexity index is 1060. The molecule has 0 aliphatic carbocycles. The Morgan fingerprint density at radius 3 is 2.81 bits per heavy atom. The van der Waals surface area contributed by atoms with Crippen molar-refractivity contribution < 1.29 is 4.79 Å². The second-order valence-electron chi connectivity index (χ2n) is 5.80. The number of carbonyl (C=O) groups excluding carboxylic acids is 1. The summed E-state index contributed by atoms with van der Waals surface area (Å²) in [5.74, 6) is 0.463. The van der Waals surface area contributed by atoms with Gasteiger partial charge in [0.25, 0.3) is 5.91 Å². The normalized spacial score (nSPS) is 10.7. The Morgan fingerprint density at radius 2 is 2.07 bits per heavy atom. The third-order valence-corrected chi connectivity index (χ3v) is 4.30. The molecule has 0 fully saturated rings. The number of amides is 1. The van der Waals surface area contributed by atoms with Gasteiger partial charge in [0.05, 0.1) is 10.7 Å². The summed E-state index contributed by atoms with van der Waals surface area (Å²) in [7, 11) is 0. The predicted octanol–water partition coefficient (Wildman–Crippen LogP) is 3.24. The molecule has 8 heteroatoms. The van der Waals surface area contributed by atoms with Crippen LogP contribution >= 0.6 is 11.6 Å². The molecule has 0 atom stereocenters. The number of halogens is 1. The number of hydrogen-bond acceptors (Lipinski definition) is 4. The number of benzene rings is 1. The van der Waals surface area contributed by atoms with Crippen molar-refractivity contribution in [3.63, 3.8) is 0 Å². The highest BCUT2D eigenvalue weighted by molar-refractivity contribution is 6.33. The molecule has 0 aliphatic rings. The van der Waals surface area contributed by atoms with Crippen LogP contribution in [0.3, 0.4) is 0 Å². The van der Waals surface area contributed by atoms with Gasteiger partial charge >= 0.3 is 0 Å². The molecule has 3 aromatic heterocycles. The number of nitrogens with zero attached hydrogens (tertiary/aromatic N) is 4. The average Bonchev–Trinajstić information content (AvgIpc) is 3.39. The van der Waals surface area contributed by atoms with Crippen molar-refractivity contribution in [3.05, 3.63) is 83.4 Å². The van der Waals surface area contributed by atoms with E-state index in [0.717, 1.165) is 11.1 Å². The van der Waals surface area contributed by atoms with Gasteiger partial charge in [0.15, 0.2) is 5.82 Å². The zero-order chi connectivity index (χ0) is 18.6. The van der Waals surface area contributed by atoms with Crippen LogP contribution in [-0.2, 0) is 6.54 Å². The first kappa shape index (κ1) is 17.0. The molecule has 0 aliphatic heterocycles. The fourth-order valence-electron chi connectivity index (χ4n) is 2.58. The largest absolute Gasteiger partial charge is 0.347 e. The van der Waals surface area contributed by atoms with E-state index in [0.29, 0.717) is 28.8 Å². The van der Waals surface area contributed by atoms with E-state index in [1.807, 2.05) is 42.6 Å². The van der Waals surface area contributed by atoms with Crippen molar-refractivity contribution in [2.75, 3.05) is 0 Å². The number of rotatable bonds is 5. The van der Waals surface area contributed by atoms with Crippen molar-refractivity contribution in [2.45, 2.75) is 6.54 Å². The monoisotopic (exact) mass is 378 g/mol. The number of H-pyrrole nitrogens is 1. The molecule has 4 rings (SSSR count). The van der Waals surface area contributed by atoms with Crippen LogP contribution in [0, 0.1) is 0 Å². The molecule has 0 unspecified atom stereocenters. The summed E-state index contributed by atoms with van der Waals surface area (Å²) >= 11 is 6.17. The minimum atomic E-state index is -0.253. The van der Waals surface area contributed by atoms with Crippen LogP contribution in [0.25, 0.3) is 17.1 Å². The highest BCUT2D eigenvalue weighted by atomic mass is 35.5. The number of pyridine rings is 1. The number of carbonyl (C=O) groups is 1. The topological polar surface area (TPSA) is 88.5 Å². The summed E-state index contributed by atoms with van der Waals surface area (Å²) in [5, 5.41) is 14.5. The van der Waals surface area contributed by atoms with Gasteiger partial charge in [0, 0.05) is 30.7 Å². The Labute approximate surface area is 160 Å². The van der Waals surface area contributed by atoms with E-state index in [2.05, 4.69) is 25.6 Å². The van der Waals surface area contributed by atoms with Crippen LogP contribution in [0.5, 0.6) is 0 Å². The van der Waals surface area contributed by atoms with Gasteiger partial charge in [0.2, 0.25) is 0 Å². The van der Waals surface area contributed by atoms with E-state index in [9.17, 15) is 4.79 Å². The van der Waals surface area contributed by atoms with Crippen molar-refractivity contribution >= 4 is 17.5 Å². The first-order valence-corrected chi connectivity index (χ1v) is 8.62. The van der Waals surface area contributed by atoms with Gasteiger partial charge in [-0.2, -0.15) is 10.2 Å². The molecule has 27 heavy (non-hydrogen) atoms. The zero-order valence-electron chi connectivity index (χ0n) is 14.1. The van der Waals surface area contributed by atoms with Gasteiger partial charge in [-0.15, -0.1) is 0 Å². The lowest BCUT2D eigenvalue weighted by atomic mass is 10.1. The molecule has 1 amide bonds. The van der Waals surface area contributed by atoms with Crippen molar-refractivity contribution in [3.8, 4) is 17.1 Å². The minimum absolute atomic E-state index is 0.253. The van der Waals surface area contributed by atoms with E-state index in [1.165, 1.54) is 0 Å². The lowest BCUT2D eigenvalue weighted by Crippen LogP contribution is -2.23. The van der Waals surface area contributed by atoms with E-state index in [1.54, 1.807) is 29.2 Å². The van der Waals surface area contributed by atoms with Crippen LogP contribution in [-0.4, -0.2) is 30.9 Å². The van der Waals surface area contributed by atoms with E-state index >= 15 is 0 Å². The van der Waals surface area contributed by atoms with Gasteiger partial charge in [0.1, 0.15) is 5.69 Å². The van der Waals surface area contributed by atoms with Crippen molar-refractivity contribution in [1.82, 2.24) is 30.3 Å². The van der Waals surface area contributed by atoms with Gasteiger partial charge in [-0.05, 0) is 29.8 Å². The zero-order valence-corrected chi connectivity index (χ0v) is 14.9. The Hall–Kier alpha value is -3.45. The molecule has 1 aromatic carbocycles. The Kier molecular flexibility index (Phi) is 4.67. The summed E-state index contributed by atoms with van der Waals surface area (Å²) in [6, 6.07) is 14.6. The van der Waals surface area contributed by atoms with Crippen LogP contribution in [0.2, 0.25) is 5.02 Å². The number of hydrogen-bond donors (Lipinski definition) is 2. The quantitative estimate of drug-likeness (QED) is 0.558. The first-order valence-electron chi connectivity index (χ1n) is 8.24. The summed E-state index contributed by atoms with van der Waals surface area (Å²) in [6.07, 6.45) is 5.22. The molecule has 3 heterocycles. The third-order valence-electron chi connectivity index (χ3n) is 3.97. The second-order valence-corrected chi connectivity index (χ2v) is 6.21. The SMILES string of the molecule is O=C(NCc1ccc(-n2cccn2)nc1)c1cc(-c2ccccc2Cl)n[nH]1. The first-order chi connectivity index (χ1) is 13.2. The third kappa shape index (κ3) is 3.73. The summed E-state index contributed by atoms with van der Waals surface area (Å²) in [5.41, 5.74) is 2.64. The van der Waals surface area contributed by atoms with E-state index < -0.39 is 0 Å². The molecule has 2 N–H and O–H groups in total. The van der Waals surface area contributed by atoms with E-state index in [4.69, 9.17) is 11.6 Å². The molecule has 0 bridgehead atoms. The predicted molar refractivity (Wildman–Crippen MR) is 102 cm³/mol. The van der Waals surface area contributed by atoms with E-state index in [-0.39, 0.29) is 5.91 Å². The maximum absolute atomic E-state index is 12.4. The average molecular weight is 379 g/mol. The maximum Gasteiger partial charge on any atom is 0.269 e. The van der Waals surface area contributed by atoms with Crippen LogP contribution in [0.1, 0.15) is 16.1 Å². The maximum atomic E-state index is 12.4. The minimum Gasteiger partial charge on any atom is -0.347 e. The van der Waals surface area contributed by atoms with Gasteiger partial charge < -0.3 is 5.32 Å². The van der Waals surface area contributed by atoms with Crippen molar-refractivity contribution in [2.24, 2.45) is 0 Å². The molecule has 0 saturated heterocycles. The lowest BCUT2D eigenvalue weighted by Gasteiger charge is -2.05. The summed E-state index contributed by atoms with van der Waals surface area (Å²) in [4.78, 5) is 16.7. The number of aromatic nitrogens is 5. The molecular weight excluding hydrogens is 364 g/mol. The molecule has 4 aromatic rings. The number of nitrogens with one attached hydrogen (secondary N) is 2. The highest BCUT2D eigenvalue weighted by Crippen LogP contribution is 2.26. The van der Waals surface area contributed by atoms with Crippen molar-refractivity contribution in [1.29, 1.82) is 0 Å². The molecule has 7 nitrogen and oxygen atoms in total. The fraction of sp³-hybridized carbons (Fsp3) is 0.0526. The molecule has 134 valence electrons. The highest BCUT2D eigenvalue weighted by Gasteiger charge is 2.12. The standard InChI is InChI=1S/C19H15ClN6O/c20-15-5-2-1-4-14(15)16-10-17(25-24-16)19(27)22-12-13-6-7-18(21-11-13)26-9-3-8-23-26/h1-11H,12H2,(H,22,27)(H,24,25). The molecule has 0 spiro atoms. The summed E-state index contributed by atoms with van der Waals surface area (Å²) < 4.78 is 1.67. The molecular formula is C19H15ClN6O.